The van der Waals surface area contributed by atoms with Gasteiger partial charge < -0.3 is 9.88 Å². The second kappa shape index (κ2) is 3.14. The first-order valence-corrected chi connectivity index (χ1v) is 4.92. The number of nitrogens with zero attached hydrogens (tertiary/aromatic N) is 2. The predicted octanol–water partition coefficient (Wildman–Crippen LogP) is 1.54. The molecule has 3 nitrogen and oxygen atoms in total. The normalized spacial score (nSPS) is 19.0. The van der Waals surface area contributed by atoms with Crippen molar-refractivity contribution in [3.8, 4) is 0 Å². The molecule has 1 saturated carbocycles. The summed E-state index contributed by atoms with van der Waals surface area (Å²) in [6, 6.07) is 1.14. The van der Waals surface area contributed by atoms with Crippen molar-refractivity contribution in [2.24, 2.45) is 7.05 Å². The predicted molar refractivity (Wildman–Crippen MR) is 52.5 cm³/mol. The van der Waals surface area contributed by atoms with Crippen LogP contribution >= 0.6 is 0 Å². The molecule has 72 valence electrons. The molecule has 1 aliphatic rings. The molecule has 1 aliphatic carbocycles. The summed E-state index contributed by atoms with van der Waals surface area (Å²) < 4.78 is 2.07. The highest BCUT2D eigenvalue weighted by molar-refractivity contribution is 5.07. The van der Waals surface area contributed by atoms with E-state index in [0.717, 1.165) is 17.6 Å². The highest BCUT2D eigenvalue weighted by Crippen LogP contribution is 2.23. The van der Waals surface area contributed by atoms with Gasteiger partial charge >= 0.3 is 0 Å². The van der Waals surface area contributed by atoms with Gasteiger partial charge in [-0.3, -0.25) is 0 Å². The van der Waals surface area contributed by atoms with Gasteiger partial charge in [0.15, 0.2) is 0 Å². The van der Waals surface area contributed by atoms with Crippen LogP contribution in [0.15, 0.2) is 6.20 Å². The van der Waals surface area contributed by atoms with Crippen LogP contribution in [0.1, 0.15) is 37.3 Å². The lowest BCUT2D eigenvalue weighted by Gasteiger charge is -2.09. The van der Waals surface area contributed by atoms with Crippen LogP contribution in [-0.2, 0) is 7.05 Å². The van der Waals surface area contributed by atoms with Gasteiger partial charge in [-0.15, -0.1) is 0 Å². The van der Waals surface area contributed by atoms with Crippen LogP contribution in [0.2, 0.25) is 0 Å². The molecule has 0 aliphatic heterocycles. The zero-order valence-electron chi connectivity index (χ0n) is 8.54. The molecule has 0 amide bonds. The summed E-state index contributed by atoms with van der Waals surface area (Å²) in [6.45, 7) is 4.22. The molecule has 1 fully saturated rings. The fourth-order valence-electron chi connectivity index (χ4n) is 1.48. The Bertz CT molecular complexity index is 280. The molecule has 1 aromatic heterocycles. The fourth-order valence-corrected chi connectivity index (χ4v) is 1.48. The first-order valence-electron chi connectivity index (χ1n) is 4.92. The van der Waals surface area contributed by atoms with Crippen molar-refractivity contribution in [2.75, 3.05) is 0 Å². The molecular weight excluding hydrogens is 162 g/mol. The maximum Gasteiger partial charge on any atom is 0.105 e. The summed E-state index contributed by atoms with van der Waals surface area (Å²) in [5, 5.41) is 3.53. The Hall–Kier alpha value is -0.830. The Balaban J connectivity index is 2.05. The van der Waals surface area contributed by atoms with Gasteiger partial charge in [-0.1, -0.05) is 0 Å². The molecule has 0 spiro atoms. The number of rotatable bonds is 3. The van der Waals surface area contributed by atoms with E-state index >= 15 is 0 Å². The van der Waals surface area contributed by atoms with Gasteiger partial charge in [0, 0.05) is 25.3 Å². The minimum absolute atomic E-state index is 0.396. The Morgan fingerprint density at radius 1 is 1.62 bits per heavy atom. The van der Waals surface area contributed by atoms with Gasteiger partial charge in [0.25, 0.3) is 0 Å². The second-order valence-electron chi connectivity index (χ2n) is 3.99. The van der Waals surface area contributed by atoms with Crippen LogP contribution in [0.5, 0.6) is 0 Å². The van der Waals surface area contributed by atoms with E-state index in [0.29, 0.717) is 6.04 Å². The van der Waals surface area contributed by atoms with E-state index in [-0.39, 0.29) is 0 Å². The number of aromatic nitrogens is 2. The Morgan fingerprint density at radius 3 is 2.77 bits per heavy atom. The highest BCUT2D eigenvalue weighted by atomic mass is 15.1. The molecule has 1 N–H and O–H groups in total. The summed E-state index contributed by atoms with van der Waals surface area (Å²) in [5.74, 6) is 1.08. The molecule has 1 atom stereocenters. The van der Waals surface area contributed by atoms with E-state index < -0.39 is 0 Å². The number of nitrogens with one attached hydrogen (secondary N) is 1. The molecule has 13 heavy (non-hydrogen) atoms. The average Bonchev–Trinajstić information content (AvgIpc) is 2.81. The van der Waals surface area contributed by atoms with Crippen LogP contribution in [0.25, 0.3) is 0 Å². The molecule has 0 aromatic carbocycles. The number of hydrogen-bond donors (Lipinski definition) is 1. The van der Waals surface area contributed by atoms with Gasteiger partial charge in [0.2, 0.25) is 0 Å². The lowest BCUT2D eigenvalue weighted by Crippen LogP contribution is -2.20. The monoisotopic (exact) mass is 179 g/mol. The first kappa shape index (κ1) is 8.75. The summed E-state index contributed by atoms with van der Waals surface area (Å²) in [5.41, 5.74) is 1.16. The smallest absolute Gasteiger partial charge is 0.105 e. The Labute approximate surface area is 79.2 Å². The van der Waals surface area contributed by atoms with Crippen molar-refractivity contribution in [1.29, 1.82) is 0 Å². The van der Waals surface area contributed by atoms with E-state index in [4.69, 9.17) is 0 Å². The summed E-state index contributed by atoms with van der Waals surface area (Å²) in [4.78, 5) is 4.49. The molecule has 1 aromatic rings. The van der Waals surface area contributed by atoms with Gasteiger partial charge in [-0.2, -0.15) is 0 Å². The third-order valence-corrected chi connectivity index (χ3v) is 2.63. The summed E-state index contributed by atoms with van der Waals surface area (Å²) >= 11 is 0. The largest absolute Gasteiger partial charge is 0.338 e. The van der Waals surface area contributed by atoms with E-state index in [1.54, 1.807) is 0 Å². The average molecular weight is 179 g/mol. The van der Waals surface area contributed by atoms with Gasteiger partial charge in [0.1, 0.15) is 5.82 Å². The van der Waals surface area contributed by atoms with Crippen molar-refractivity contribution in [1.82, 2.24) is 14.9 Å². The minimum atomic E-state index is 0.396. The topological polar surface area (TPSA) is 29.9 Å². The highest BCUT2D eigenvalue weighted by Gasteiger charge is 2.24. The van der Waals surface area contributed by atoms with Crippen molar-refractivity contribution < 1.29 is 0 Å². The number of aryl methyl sites for hydroxylation is 2. The standard InChI is InChI=1S/C10H17N3/c1-7(11-9-4-5-9)10-6-13(3)8(2)12-10/h6-7,9,11H,4-5H2,1-3H3. The Morgan fingerprint density at radius 2 is 2.31 bits per heavy atom. The molecule has 3 heteroatoms. The van der Waals surface area contributed by atoms with Gasteiger partial charge in [-0.05, 0) is 26.7 Å². The molecule has 2 rings (SSSR count). The lowest BCUT2D eigenvalue weighted by molar-refractivity contribution is 0.559. The van der Waals surface area contributed by atoms with Crippen molar-refractivity contribution >= 4 is 0 Å². The summed E-state index contributed by atoms with van der Waals surface area (Å²) in [6.07, 6.45) is 4.77. The second-order valence-corrected chi connectivity index (χ2v) is 3.99. The fraction of sp³-hybridized carbons (Fsp3) is 0.700. The van der Waals surface area contributed by atoms with Gasteiger partial charge in [-0.25, -0.2) is 4.98 Å². The molecule has 0 radical (unpaired) electrons. The lowest BCUT2D eigenvalue weighted by atomic mass is 10.2. The minimum Gasteiger partial charge on any atom is -0.338 e. The van der Waals surface area contributed by atoms with Gasteiger partial charge in [0.05, 0.1) is 5.69 Å². The number of hydrogen-bond acceptors (Lipinski definition) is 2. The SMILES string of the molecule is Cc1nc(C(C)NC2CC2)cn1C. The van der Waals surface area contributed by atoms with Crippen LogP contribution < -0.4 is 5.32 Å². The van der Waals surface area contributed by atoms with Crippen LogP contribution in [0, 0.1) is 6.92 Å². The molecule has 1 heterocycles. The summed E-state index contributed by atoms with van der Waals surface area (Å²) in [7, 11) is 2.04. The zero-order chi connectivity index (χ0) is 9.42. The molecule has 0 bridgehead atoms. The maximum absolute atomic E-state index is 4.49. The quantitative estimate of drug-likeness (QED) is 0.762. The van der Waals surface area contributed by atoms with E-state index in [1.807, 2.05) is 14.0 Å². The Kier molecular flexibility index (Phi) is 2.12. The number of imidazole rings is 1. The third-order valence-electron chi connectivity index (χ3n) is 2.63. The van der Waals surface area contributed by atoms with Crippen molar-refractivity contribution in [2.45, 2.75) is 38.8 Å². The van der Waals surface area contributed by atoms with Crippen LogP contribution in [0.4, 0.5) is 0 Å². The van der Waals surface area contributed by atoms with E-state index in [1.165, 1.54) is 12.8 Å². The molecule has 0 saturated heterocycles. The molecule has 1 unspecified atom stereocenters. The van der Waals surface area contributed by atoms with Crippen LogP contribution in [0.3, 0.4) is 0 Å². The van der Waals surface area contributed by atoms with E-state index in [9.17, 15) is 0 Å². The van der Waals surface area contributed by atoms with Crippen molar-refractivity contribution in [3.05, 3.63) is 17.7 Å². The van der Waals surface area contributed by atoms with E-state index in [2.05, 4.69) is 28.0 Å². The first-order chi connectivity index (χ1) is 6.16. The van der Waals surface area contributed by atoms with Crippen molar-refractivity contribution in [3.63, 3.8) is 0 Å². The van der Waals surface area contributed by atoms with Crippen LogP contribution in [-0.4, -0.2) is 15.6 Å². The maximum atomic E-state index is 4.49. The third kappa shape index (κ3) is 1.91. The molecular formula is C10H17N3. The zero-order valence-corrected chi connectivity index (χ0v) is 8.54.